The van der Waals surface area contributed by atoms with E-state index in [-0.39, 0.29) is 17.3 Å². The van der Waals surface area contributed by atoms with Crippen molar-refractivity contribution in [2.45, 2.75) is 12.7 Å². The molecule has 1 aromatic heterocycles. The fraction of sp³-hybridized carbons (Fsp3) is 0.273. The van der Waals surface area contributed by atoms with E-state index in [4.69, 9.17) is 4.52 Å². The highest BCUT2D eigenvalue weighted by Gasteiger charge is 2.34. The highest BCUT2D eigenvalue weighted by Crippen LogP contribution is 2.37. The van der Waals surface area contributed by atoms with Gasteiger partial charge in [-0.2, -0.15) is 18.2 Å². The van der Waals surface area contributed by atoms with Crippen LogP contribution in [0.25, 0.3) is 11.4 Å². The van der Waals surface area contributed by atoms with Crippen LogP contribution in [0.5, 0.6) is 5.75 Å². The van der Waals surface area contributed by atoms with Gasteiger partial charge >= 0.3 is 6.18 Å². The first-order valence-corrected chi connectivity index (χ1v) is 5.29. The van der Waals surface area contributed by atoms with Crippen LogP contribution in [0.3, 0.4) is 0 Å². The summed E-state index contributed by atoms with van der Waals surface area (Å²) < 4.78 is 42.8. The Kier molecular flexibility index (Phi) is 3.43. The predicted molar refractivity (Wildman–Crippen MR) is 59.2 cm³/mol. The van der Waals surface area contributed by atoms with Crippen LogP contribution < -0.4 is 5.32 Å². The number of rotatable bonds is 3. The first-order valence-electron chi connectivity index (χ1n) is 5.29. The molecule has 0 atom stereocenters. The Labute approximate surface area is 106 Å². The zero-order chi connectivity index (χ0) is 14.0. The molecular formula is C11H10F3N3O2. The van der Waals surface area contributed by atoms with Crippen LogP contribution in [0, 0.1) is 0 Å². The number of hydrogen-bond donors (Lipinski definition) is 2. The van der Waals surface area contributed by atoms with E-state index in [0.29, 0.717) is 6.54 Å². The molecule has 0 aliphatic heterocycles. The highest BCUT2D eigenvalue weighted by molar-refractivity contribution is 5.58. The molecule has 2 aromatic rings. The molecule has 2 rings (SSSR count). The summed E-state index contributed by atoms with van der Waals surface area (Å²) in [6.45, 7) is 0.317. The molecule has 0 saturated heterocycles. The van der Waals surface area contributed by atoms with Gasteiger partial charge in [0, 0.05) is 5.56 Å². The molecule has 0 aliphatic carbocycles. The van der Waals surface area contributed by atoms with Gasteiger partial charge in [-0.1, -0.05) is 5.16 Å². The van der Waals surface area contributed by atoms with Crippen molar-refractivity contribution >= 4 is 0 Å². The van der Waals surface area contributed by atoms with Crippen molar-refractivity contribution in [2.24, 2.45) is 0 Å². The van der Waals surface area contributed by atoms with E-state index >= 15 is 0 Å². The van der Waals surface area contributed by atoms with E-state index in [1.54, 1.807) is 7.05 Å². The lowest BCUT2D eigenvalue weighted by molar-refractivity contribution is -0.138. The summed E-state index contributed by atoms with van der Waals surface area (Å²) in [6.07, 6.45) is -4.64. The van der Waals surface area contributed by atoms with Gasteiger partial charge in [0.2, 0.25) is 11.7 Å². The first kappa shape index (κ1) is 13.3. The van der Waals surface area contributed by atoms with Crippen LogP contribution in [0.2, 0.25) is 0 Å². The molecule has 0 radical (unpaired) electrons. The summed E-state index contributed by atoms with van der Waals surface area (Å²) in [6, 6.07) is 3.02. The standard InChI is InChI=1S/C11H10F3N3O2/c1-15-5-9-16-10(17-19-9)6-2-3-8(18)7(4-6)11(12,13)14/h2-4,15,18H,5H2,1H3. The predicted octanol–water partition coefficient (Wildman–Crippen LogP) is 2.18. The van der Waals surface area contributed by atoms with Crippen molar-refractivity contribution in [2.75, 3.05) is 7.05 Å². The van der Waals surface area contributed by atoms with Gasteiger partial charge in [-0.15, -0.1) is 0 Å². The largest absolute Gasteiger partial charge is 0.507 e. The number of benzene rings is 1. The monoisotopic (exact) mass is 273 g/mol. The molecule has 1 aromatic carbocycles. The van der Waals surface area contributed by atoms with Crippen molar-refractivity contribution in [3.05, 3.63) is 29.7 Å². The molecule has 0 aliphatic rings. The third kappa shape index (κ3) is 2.84. The van der Waals surface area contributed by atoms with E-state index in [2.05, 4.69) is 15.5 Å². The van der Waals surface area contributed by atoms with Gasteiger partial charge < -0.3 is 14.9 Å². The number of hydrogen-bond acceptors (Lipinski definition) is 5. The van der Waals surface area contributed by atoms with Crippen molar-refractivity contribution in [1.82, 2.24) is 15.5 Å². The van der Waals surface area contributed by atoms with Gasteiger partial charge in [0.25, 0.3) is 0 Å². The minimum absolute atomic E-state index is 0.0377. The van der Waals surface area contributed by atoms with E-state index in [0.717, 1.165) is 12.1 Å². The maximum Gasteiger partial charge on any atom is 0.419 e. The zero-order valence-electron chi connectivity index (χ0n) is 9.82. The van der Waals surface area contributed by atoms with Gasteiger partial charge in [0.1, 0.15) is 5.75 Å². The average Bonchev–Trinajstić information content (AvgIpc) is 2.77. The van der Waals surface area contributed by atoms with Crippen LogP contribution in [0.4, 0.5) is 13.2 Å². The number of aromatic nitrogens is 2. The zero-order valence-corrected chi connectivity index (χ0v) is 9.82. The lowest BCUT2D eigenvalue weighted by Gasteiger charge is -2.09. The second-order valence-corrected chi connectivity index (χ2v) is 3.77. The molecule has 1 heterocycles. The normalized spacial score (nSPS) is 11.8. The summed E-state index contributed by atoms with van der Waals surface area (Å²) in [5.41, 5.74) is -1.01. The van der Waals surface area contributed by atoms with E-state index in [1.165, 1.54) is 6.07 Å². The molecule has 0 amide bonds. The van der Waals surface area contributed by atoms with Crippen LogP contribution in [-0.2, 0) is 12.7 Å². The Morgan fingerprint density at radius 1 is 1.37 bits per heavy atom. The van der Waals surface area contributed by atoms with E-state index in [9.17, 15) is 18.3 Å². The average molecular weight is 273 g/mol. The first-order chi connectivity index (χ1) is 8.91. The van der Waals surface area contributed by atoms with Crippen molar-refractivity contribution in [1.29, 1.82) is 0 Å². The van der Waals surface area contributed by atoms with Gasteiger partial charge in [-0.3, -0.25) is 0 Å². The molecular weight excluding hydrogens is 263 g/mol. The van der Waals surface area contributed by atoms with Gasteiger partial charge in [-0.05, 0) is 25.2 Å². The highest BCUT2D eigenvalue weighted by atomic mass is 19.4. The van der Waals surface area contributed by atoms with Crippen LogP contribution >= 0.6 is 0 Å². The number of nitrogens with one attached hydrogen (secondary N) is 1. The number of nitrogens with zero attached hydrogens (tertiary/aromatic N) is 2. The van der Waals surface area contributed by atoms with Crippen molar-refractivity contribution in [3.63, 3.8) is 0 Å². The lowest BCUT2D eigenvalue weighted by Crippen LogP contribution is -2.06. The smallest absolute Gasteiger partial charge is 0.419 e. The minimum Gasteiger partial charge on any atom is -0.507 e. The molecule has 0 spiro atoms. The van der Waals surface area contributed by atoms with E-state index in [1.807, 2.05) is 0 Å². The number of aromatic hydroxyl groups is 1. The fourth-order valence-corrected chi connectivity index (χ4v) is 1.50. The number of halogens is 3. The molecule has 0 fully saturated rings. The molecule has 0 saturated carbocycles. The molecule has 5 nitrogen and oxygen atoms in total. The summed E-state index contributed by atoms with van der Waals surface area (Å²) in [7, 11) is 1.67. The third-order valence-corrected chi connectivity index (χ3v) is 2.36. The van der Waals surface area contributed by atoms with Crippen LogP contribution in [0.1, 0.15) is 11.5 Å². The Morgan fingerprint density at radius 3 is 2.74 bits per heavy atom. The van der Waals surface area contributed by atoms with Crippen molar-refractivity contribution in [3.8, 4) is 17.1 Å². The number of phenols is 1. The van der Waals surface area contributed by atoms with Gasteiger partial charge in [0.15, 0.2) is 0 Å². The number of alkyl halides is 3. The second kappa shape index (κ2) is 4.88. The summed E-state index contributed by atoms with van der Waals surface area (Å²) in [5, 5.41) is 15.6. The fourth-order valence-electron chi connectivity index (χ4n) is 1.50. The summed E-state index contributed by atoms with van der Waals surface area (Å²) in [4.78, 5) is 3.93. The summed E-state index contributed by atoms with van der Waals surface area (Å²) >= 11 is 0. The Bertz CT molecular complexity index is 581. The Hall–Kier alpha value is -2.09. The SMILES string of the molecule is CNCc1nc(-c2ccc(O)c(C(F)(F)F)c2)no1. The lowest BCUT2D eigenvalue weighted by atomic mass is 10.1. The van der Waals surface area contributed by atoms with Gasteiger partial charge in [-0.25, -0.2) is 0 Å². The molecule has 8 heteroatoms. The molecule has 2 N–H and O–H groups in total. The maximum atomic E-state index is 12.6. The number of phenolic OH excluding ortho intramolecular Hbond substituents is 1. The molecule has 0 unspecified atom stereocenters. The summed E-state index contributed by atoms with van der Waals surface area (Å²) in [5.74, 6) is -0.537. The third-order valence-electron chi connectivity index (χ3n) is 2.36. The molecule has 0 bridgehead atoms. The topological polar surface area (TPSA) is 71.2 Å². The Morgan fingerprint density at radius 2 is 2.11 bits per heavy atom. The van der Waals surface area contributed by atoms with Crippen LogP contribution in [0.15, 0.2) is 22.7 Å². The van der Waals surface area contributed by atoms with Crippen LogP contribution in [-0.4, -0.2) is 22.3 Å². The molecule has 102 valence electrons. The van der Waals surface area contributed by atoms with E-state index < -0.39 is 17.5 Å². The minimum atomic E-state index is -4.64. The Balaban J connectivity index is 2.39. The van der Waals surface area contributed by atoms with Crippen molar-refractivity contribution < 1.29 is 22.8 Å². The molecule has 19 heavy (non-hydrogen) atoms. The second-order valence-electron chi connectivity index (χ2n) is 3.77. The quantitative estimate of drug-likeness (QED) is 0.896. The maximum absolute atomic E-state index is 12.6. The van der Waals surface area contributed by atoms with Gasteiger partial charge in [0.05, 0.1) is 12.1 Å².